The zero-order chi connectivity index (χ0) is 16.1. The summed E-state index contributed by atoms with van der Waals surface area (Å²) in [6.45, 7) is 4.29. The number of hydrogen-bond donors (Lipinski definition) is 2. The van der Waals surface area contributed by atoms with Crippen LogP contribution in [0.1, 0.15) is 33.8 Å². The Morgan fingerprint density at radius 2 is 2.26 bits per heavy atom. The Labute approximate surface area is 140 Å². The van der Waals surface area contributed by atoms with Crippen molar-refractivity contribution in [1.82, 2.24) is 10.2 Å². The van der Waals surface area contributed by atoms with Gasteiger partial charge in [0, 0.05) is 18.0 Å². The van der Waals surface area contributed by atoms with Crippen LogP contribution in [0, 0.1) is 5.92 Å². The monoisotopic (exact) mass is 333 g/mol. The maximum Gasteiger partial charge on any atom is 0.254 e. The third-order valence-electron chi connectivity index (χ3n) is 4.34. The van der Waals surface area contributed by atoms with E-state index in [0.29, 0.717) is 23.8 Å². The van der Waals surface area contributed by atoms with Crippen LogP contribution in [-0.2, 0) is 13.1 Å². The molecule has 0 radical (unpaired) electrons. The molecule has 2 aromatic rings. The molecule has 124 valence electrons. The van der Waals surface area contributed by atoms with E-state index in [1.807, 2.05) is 11.3 Å². The van der Waals surface area contributed by atoms with E-state index in [0.717, 1.165) is 39.0 Å². The van der Waals surface area contributed by atoms with E-state index in [2.05, 4.69) is 27.7 Å². The molecule has 1 amide bonds. The average molecular weight is 333 g/mol. The van der Waals surface area contributed by atoms with Gasteiger partial charge < -0.3 is 15.5 Å². The third-order valence-corrected chi connectivity index (χ3v) is 5.20. The fraction of sp³-hybridized carbons (Fsp3) is 0.471. The van der Waals surface area contributed by atoms with E-state index >= 15 is 0 Å². The number of nitrogens with one attached hydrogen (secondary N) is 1. The maximum absolute atomic E-state index is 12.1. The Morgan fingerprint density at radius 3 is 2.91 bits per heavy atom. The first-order chi connectivity index (χ1) is 11.2. The van der Waals surface area contributed by atoms with Crippen molar-refractivity contribution >= 4 is 17.2 Å². The first-order valence-corrected chi connectivity index (χ1v) is 8.93. The molecule has 0 spiro atoms. The van der Waals surface area contributed by atoms with Crippen molar-refractivity contribution in [2.24, 2.45) is 11.7 Å². The van der Waals surface area contributed by atoms with Gasteiger partial charge in [-0.1, -0.05) is 6.07 Å². The lowest BCUT2D eigenvalue weighted by Crippen LogP contribution is -2.38. The number of hydrogen-bond acceptors (Lipinski definition) is 5. The van der Waals surface area contributed by atoms with E-state index < -0.39 is 0 Å². The SMILES string of the molecule is NCc1cc(C(=O)NCC2CCN(Cc3cccs3)CC2)co1. The number of carbonyl (C=O) groups excluding carboxylic acids is 1. The second-order valence-electron chi connectivity index (χ2n) is 6.01. The van der Waals surface area contributed by atoms with Crippen molar-refractivity contribution in [3.05, 3.63) is 46.0 Å². The van der Waals surface area contributed by atoms with Crippen molar-refractivity contribution < 1.29 is 9.21 Å². The Hall–Kier alpha value is -1.63. The smallest absolute Gasteiger partial charge is 0.254 e. The number of furan rings is 1. The van der Waals surface area contributed by atoms with Gasteiger partial charge >= 0.3 is 0 Å². The molecule has 1 aliphatic heterocycles. The first-order valence-electron chi connectivity index (χ1n) is 8.05. The summed E-state index contributed by atoms with van der Waals surface area (Å²) in [7, 11) is 0. The number of nitrogens with zero attached hydrogens (tertiary/aromatic N) is 1. The highest BCUT2D eigenvalue weighted by atomic mass is 32.1. The zero-order valence-corrected chi connectivity index (χ0v) is 14.0. The van der Waals surface area contributed by atoms with Crippen LogP contribution in [0.2, 0.25) is 0 Å². The van der Waals surface area contributed by atoms with Crippen LogP contribution < -0.4 is 11.1 Å². The highest BCUT2D eigenvalue weighted by Gasteiger charge is 2.20. The molecule has 6 heteroatoms. The van der Waals surface area contributed by atoms with E-state index in [1.165, 1.54) is 11.1 Å². The van der Waals surface area contributed by atoms with Crippen molar-refractivity contribution in [3.8, 4) is 0 Å². The number of amides is 1. The van der Waals surface area contributed by atoms with Gasteiger partial charge in [-0.25, -0.2) is 0 Å². The lowest BCUT2D eigenvalue weighted by molar-refractivity contribution is 0.0934. The number of thiophene rings is 1. The first kappa shape index (κ1) is 16.2. The Balaban J connectivity index is 1.39. The molecule has 1 saturated heterocycles. The van der Waals surface area contributed by atoms with Gasteiger partial charge in [0.15, 0.2) is 0 Å². The highest BCUT2D eigenvalue weighted by Crippen LogP contribution is 2.20. The summed E-state index contributed by atoms with van der Waals surface area (Å²) < 4.78 is 5.20. The molecule has 0 unspecified atom stereocenters. The summed E-state index contributed by atoms with van der Waals surface area (Å²) in [5.41, 5.74) is 6.04. The molecule has 3 rings (SSSR count). The molecule has 0 saturated carbocycles. The minimum atomic E-state index is -0.0746. The fourth-order valence-electron chi connectivity index (χ4n) is 2.92. The topological polar surface area (TPSA) is 71.5 Å². The van der Waals surface area contributed by atoms with Crippen LogP contribution >= 0.6 is 11.3 Å². The molecule has 1 fully saturated rings. The van der Waals surface area contributed by atoms with E-state index in [-0.39, 0.29) is 5.91 Å². The van der Waals surface area contributed by atoms with Crippen LogP contribution in [0.15, 0.2) is 34.3 Å². The van der Waals surface area contributed by atoms with Gasteiger partial charge in [0.2, 0.25) is 0 Å². The molecule has 5 nitrogen and oxygen atoms in total. The minimum Gasteiger partial charge on any atom is -0.467 e. The van der Waals surface area contributed by atoms with Crippen LogP contribution in [0.25, 0.3) is 0 Å². The number of likely N-dealkylation sites (tertiary alicyclic amines) is 1. The number of nitrogens with two attached hydrogens (primary N) is 1. The summed E-state index contributed by atoms with van der Waals surface area (Å²) in [5.74, 6) is 1.12. The van der Waals surface area contributed by atoms with Gasteiger partial charge in [0.25, 0.3) is 5.91 Å². The van der Waals surface area contributed by atoms with Gasteiger partial charge in [-0.05, 0) is 49.4 Å². The summed E-state index contributed by atoms with van der Waals surface area (Å²) >= 11 is 1.82. The number of piperidine rings is 1. The van der Waals surface area contributed by atoms with Gasteiger partial charge in [-0.3, -0.25) is 9.69 Å². The van der Waals surface area contributed by atoms with Crippen LogP contribution in [0.4, 0.5) is 0 Å². The standard InChI is InChI=1S/C17H23N3O2S/c18-9-15-8-14(12-22-15)17(21)19-10-13-3-5-20(6-4-13)11-16-2-1-7-23-16/h1-2,7-8,12-13H,3-6,9-11,18H2,(H,19,21). The molecule has 0 aliphatic carbocycles. The van der Waals surface area contributed by atoms with Crippen LogP contribution in [0.3, 0.4) is 0 Å². The molecule has 0 bridgehead atoms. The molecule has 3 N–H and O–H groups in total. The van der Waals surface area contributed by atoms with Gasteiger partial charge in [0.05, 0.1) is 12.1 Å². The maximum atomic E-state index is 12.1. The zero-order valence-electron chi connectivity index (χ0n) is 13.2. The Kier molecular flexibility index (Phi) is 5.48. The molecule has 0 aromatic carbocycles. The number of rotatable bonds is 6. The molecule has 0 atom stereocenters. The highest BCUT2D eigenvalue weighted by molar-refractivity contribution is 7.09. The molecule has 3 heterocycles. The normalized spacial score (nSPS) is 16.6. The third kappa shape index (κ3) is 4.43. The Morgan fingerprint density at radius 1 is 1.43 bits per heavy atom. The van der Waals surface area contributed by atoms with Crippen molar-refractivity contribution in [3.63, 3.8) is 0 Å². The molecule has 1 aliphatic rings. The average Bonchev–Trinajstić information content (AvgIpc) is 3.25. The van der Waals surface area contributed by atoms with E-state index in [1.54, 1.807) is 6.07 Å². The van der Waals surface area contributed by atoms with Gasteiger partial charge in [0.1, 0.15) is 12.0 Å². The lowest BCUT2D eigenvalue weighted by atomic mass is 9.96. The van der Waals surface area contributed by atoms with Crippen molar-refractivity contribution in [2.75, 3.05) is 19.6 Å². The van der Waals surface area contributed by atoms with E-state index in [9.17, 15) is 4.79 Å². The van der Waals surface area contributed by atoms with Gasteiger partial charge in [-0.15, -0.1) is 11.3 Å². The molecule has 2 aromatic heterocycles. The van der Waals surface area contributed by atoms with Crippen LogP contribution in [-0.4, -0.2) is 30.4 Å². The van der Waals surface area contributed by atoms with Gasteiger partial charge in [-0.2, -0.15) is 0 Å². The summed E-state index contributed by atoms with van der Waals surface area (Å²) in [5, 5.41) is 5.14. The quantitative estimate of drug-likeness (QED) is 0.852. The Bertz CT molecular complexity index is 616. The van der Waals surface area contributed by atoms with Crippen LogP contribution in [0.5, 0.6) is 0 Å². The molecular weight excluding hydrogens is 310 g/mol. The summed E-state index contributed by atoms with van der Waals surface area (Å²) in [6.07, 6.45) is 3.73. The second-order valence-corrected chi connectivity index (χ2v) is 7.05. The second kappa shape index (κ2) is 7.77. The largest absolute Gasteiger partial charge is 0.467 e. The van der Waals surface area contributed by atoms with Crippen molar-refractivity contribution in [1.29, 1.82) is 0 Å². The molecule has 23 heavy (non-hydrogen) atoms. The lowest BCUT2D eigenvalue weighted by Gasteiger charge is -2.31. The number of carbonyl (C=O) groups is 1. The predicted molar refractivity (Wildman–Crippen MR) is 91.3 cm³/mol. The fourth-order valence-corrected chi connectivity index (χ4v) is 3.66. The summed E-state index contributed by atoms with van der Waals surface area (Å²) in [6, 6.07) is 6.00. The predicted octanol–water partition coefficient (Wildman–Crippen LogP) is 2.44. The molecular formula is C17H23N3O2S. The van der Waals surface area contributed by atoms with E-state index in [4.69, 9.17) is 10.2 Å². The summed E-state index contributed by atoms with van der Waals surface area (Å²) in [4.78, 5) is 16.0. The van der Waals surface area contributed by atoms with Crippen molar-refractivity contribution in [2.45, 2.75) is 25.9 Å². The minimum absolute atomic E-state index is 0.0746.